The van der Waals surface area contributed by atoms with Crippen molar-refractivity contribution in [2.75, 3.05) is 12.1 Å². The maximum atomic E-state index is 12.3. The number of fused-ring (bicyclic) bond motifs is 2. The first kappa shape index (κ1) is 15.0. The Balaban J connectivity index is 1.51. The van der Waals surface area contributed by atoms with Gasteiger partial charge < -0.3 is 14.8 Å². The van der Waals surface area contributed by atoms with Crippen LogP contribution in [0, 0.1) is 13.8 Å². The largest absolute Gasteiger partial charge is 0.454 e. The number of ether oxygens (including phenoxy) is 2. The summed E-state index contributed by atoms with van der Waals surface area (Å²) in [6, 6.07) is 9.81. The molecule has 3 aromatic rings. The Bertz CT molecular complexity index is 908. The number of aryl methyl sites for hydroxylation is 2. The van der Waals surface area contributed by atoms with Crippen LogP contribution in [-0.2, 0) is 11.2 Å². The molecule has 1 aliphatic heterocycles. The van der Waals surface area contributed by atoms with Crippen LogP contribution in [0.4, 0.5) is 5.13 Å². The number of aromatic nitrogens is 1. The highest BCUT2D eigenvalue weighted by atomic mass is 32.1. The summed E-state index contributed by atoms with van der Waals surface area (Å²) < 4.78 is 11.7. The molecule has 0 aliphatic carbocycles. The first-order valence-corrected chi connectivity index (χ1v) is 8.46. The van der Waals surface area contributed by atoms with Crippen molar-refractivity contribution in [2.24, 2.45) is 0 Å². The Kier molecular flexibility index (Phi) is 3.61. The highest BCUT2D eigenvalue weighted by molar-refractivity contribution is 7.22. The van der Waals surface area contributed by atoms with Crippen molar-refractivity contribution >= 4 is 32.6 Å². The second-order valence-corrected chi connectivity index (χ2v) is 6.87. The maximum absolute atomic E-state index is 12.3. The molecule has 0 radical (unpaired) electrons. The van der Waals surface area contributed by atoms with Gasteiger partial charge in [-0.1, -0.05) is 29.5 Å². The topological polar surface area (TPSA) is 60.5 Å². The lowest BCUT2D eigenvalue weighted by molar-refractivity contribution is -0.115. The van der Waals surface area contributed by atoms with Gasteiger partial charge in [0.25, 0.3) is 0 Å². The fourth-order valence-corrected chi connectivity index (χ4v) is 3.53. The van der Waals surface area contributed by atoms with E-state index in [1.165, 1.54) is 22.5 Å². The van der Waals surface area contributed by atoms with Crippen molar-refractivity contribution in [3.05, 3.63) is 47.0 Å². The zero-order valence-corrected chi connectivity index (χ0v) is 14.2. The van der Waals surface area contributed by atoms with Gasteiger partial charge in [0.15, 0.2) is 16.6 Å². The first-order chi connectivity index (χ1) is 11.6. The SMILES string of the molecule is Cc1ccc(CC(=O)Nc2nc3cc4c(cc3s2)OCO4)cc1C. The molecule has 24 heavy (non-hydrogen) atoms. The molecule has 6 heteroatoms. The number of thiazole rings is 1. The zero-order valence-electron chi connectivity index (χ0n) is 13.4. The van der Waals surface area contributed by atoms with Crippen molar-refractivity contribution in [3.8, 4) is 11.5 Å². The number of benzene rings is 2. The molecule has 2 heterocycles. The summed E-state index contributed by atoms with van der Waals surface area (Å²) in [7, 11) is 0. The third kappa shape index (κ3) is 2.80. The Morgan fingerprint density at radius 3 is 2.75 bits per heavy atom. The average molecular weight is 340 g/mol. The van der Waals surface area contributed by atoms with Gasteiger partial charge in [0.05, 0.1) is 16.6 Å². The molecule has 122 valence electrons. The van der Waals surface area contributed by atoms with E-state index in [0.29, 0.717) is 17.3 Å². The quantitative estimate of drug-likeness (QED) is 0.787. The number of amides is 1. The predicted octanol–water partition coefficient (Wildman–Crippen LogP) is 3.82. The molecule has 0 unspecified atom stereocenters. The van der Waals surface area contributed by atoms with E-state index in [0.717, 1.165) is 21.5 Å². The molecule has 0 saturated carbocycles. The van der Waals surface area contributed by atoms with Gasteiger partial charge in [0.2, 0.25) is 12.7 Å². The van der Waals surface area contributed by atoms with E-state index in [1.807, 2.05) is 37.3 Å². The minimum Gasteiger partial charge on any atom is -0.454 e. The molecule has 1 amide bonds. The lowest BCUT2D eigenvalue weighted by Crippen LogP contribution is -2.14. The Hall–Kier alpha value is -2.60. The fraction of sp³-hybridized carbons (Fsp3) is 0.222. The summed E-state index contributed by atoms with van der Waals surface area (Å²) in [5.41, 5.74) is 4.21. The molecule has 4 rings (SSSR count). The smallest absolute Gasteiger partial charge is 0.231 e. The molecule has 1 N–H and O–H groups in total. The summed E-state index contributed by atoms with van der Waals surface area (Å²) in [6.45, 7) is 4.35. The van der Waals surface area contributed by atoms with Crippen molar-refractivity contribution in [1.82, 2.24) is 4.98 Å². The maximum Gasteiger partial charge on any atom is 0.231 e. The molecular weight excluding hydrogens is 324 g/mol. The van der Waals surface area contributed by atoms with E-state index in [-0.39, 0.29) is 12.7 Å². The van der Waals surface area contributed by atoms with E-state index >= 15 is 0 Å². The number of nitrogens with zero attached hydrogens (tertiary/aromatic N) is 1. The second-order valence-electron chi connectivity index (χ2n) is 5.84. The van der Waals surface area contributed by atoms with Crippen molar-refractivity contribution in [3.63, 3.8) is 0 Å². The minimum atomic E-state index is -0.0719. The second kappa shape index (κ2) is 5.79. The van der Waals surface area contributed by atoms with Gasteiger partial charge in [-0.25, -0.2) is 4.98 Å². The lowest BCUT2D eigenvalue weighted by Gasteiger charge is -2.05. The van der Waals surface area contributed by atoms with Crippen LogP contribution in [0.25, 0.3) is 10.2 Å². The van der Waals surface area contributed by atoms with Crippen LogP contribution in [0.1, 0.15) is 16.7 Å². The predicted molar refractivity (Wildman–Crippen MR) is 94.0 cm³/mol. The summed E-state index contributed by atoms with van der Waals surface area (Å²) >= 11 is 1.43. The highest BCUT2D eigenvalue weighted by Crippen LogP contribution is 2.38. The molecule has 1 aliphatic rings. The fourth-order valence-electron chi connectivity index (χ4n) is 2.63. The van der Waals surface area contributed by atoms with E-state index < -0.39 is 0 Å². The molecule has 2 aromatic carbocycles. The van der Waals surface area contributed by atoms with E-state index in [4.69, 9.17) is 9.47 Å². The lowest BCUT2D eigenvalue weighted by atomic mass is 10.0. The molecule has 0 atom stereocenters. The molecule has 0 bridgehead atoms. The minimum absolute atomic E-state index is 0.0719. The Labute approximate surface area is 143 Å². The van der Waals surface area contributed by atoms with Crippen LogP contribution in [0.3, 0.4) is 0 Å². The zero-order chi connectivity index (χ0) is 16.7. The van der Waals surface area contributed by atoms with E-state index in [2.05, 4.69) is 17.2 Å². The molecule has 0 saturated heterocycles. The normalized spacial score (nSPS) is 12.6. The van der Waals surface area contributed by atoms with Gasteiger partial charge in [-0.3, -0.25) is 4.79 Å². The van der Waals surface area contributed by atoms with Gasteiger partial charge in [0, 0.05) is 12.1 Å². The number of hydrogen-bond donors (Lipinski definition) is 1. The molecule has 0 fully saturated rings. The molecule has 0 spiro atoms. The van der Waals surface area contributed by atoms with E-state index in [9.17, 15) is 4.79 Å². The summed E-state index contributed by atoms with van der Waals surface area (Å²) in [5.74, 6) is 1.34. The first-order valence-electron chi connectivity index (χ1n) is 7.65. The van der Waals surface area contributed by atoms with Crippen LogP contribution in [0.5, 0.6) is 11.5 Å². The van der Waals surface area contributed by atoms with Gasteiger partial charge in [-0.15, -0.1) is 0 Å². The summed E-state index contributed by atoms with van der Waals surface area (Å²) in [6.07, 6.45) is 0.333. The van der Waals surface area contributed by atoms with Crippen molar-refractivity contribution in [1.29, 1.82) is 0 Å². The summed E-state index contributed by atoms with van der Waals surface area (Å²) in [4.78, 5) is 16.7. The monoisotopic (exact) mass is 340 g/mol. The highest BCUT2D eigenvalue weighted by Gasteiger charge is 2.17. The summed E-state index contributed by atoms with van der Waals surface area (Å²) in [5, 5.41) is 3.46. The van der Waals surface area contributed by atoms with Gasteiger partial charge in [0.1, 0.15) is 0 Å². The van der Waals surface area contributed by atoms with Crippen molar-refractivity contribution < 1.29 is 14.3 Å². The third-order valence-electron chi connectivity index (χ3n) is 4.07. The number of nitrogens with one attached hydrogen (secondary N) is 1. The number of carbonyl (C=O) groups is 1. The number of rotatable bonds is 3. The van der Waals surface area contributed by atoms with Gasteiger partial charge in [-0.05, 0) is 30.5 Å². The molecule has 5 nitrogen and oxygen atoms in total. The standard InChI is InChI=1S/C18H16N2O3S/c1-10-3-4-12(5-11(10)2)6-17(21)20-18-19-13-7-14-15(23-9-22-14)8-16(13)24-18/h3-5,7-8H,6,9H2,1-2H3,(H,19,20,21). The number of hydrogen-bond acceptors (Lipinski definition) is 5. The van der Waals surface area contributed by atoms with Crippen LogP contribution in [0.15, 0.2) is 30.3 Å². The van der Waals surface area contributed by atoms with Crippen LogP contribution < -0.4 is 14.8 Å². The number of carbonyl (C=O) groups excluding carboxylic acids is 1. The van der Waals surface area contributed by atoms with Gasteiger partial charge in [-0.2, -0.15) is 0 Å². The van der Waals surface area contributed by atoms with E-state index in [1.54, 1.807) is 0 Å². The van der Waals surface area contributed by atoms with Crippen LogP contribution in [-0.4, -0.2) is 17.7 Å². The van der Waals surface area contributed by atoms with Crippen LogP contribution in [0.2, 0.25) is 0 Å². The average Bonchev–Trinajstić information content (AvgIpc) is 3.13. The van der Waals surface area contributed by atoms with Crippen molar-refractivity contribution in [2.45, 2.75) is 20.3 Å². The third-order valence-corrected chi connectivity index (χ3v) is 5.00. The molecule has 1 aromatic heterocycles. The van der Waals surface area contributed by atoms with Crippen LogP contribution >= 0.6 is 11.3 Å². The molecular formula is C18H16N2O3S. The Morgan fingerprint density at radius 2 is 1.96 bits per heavy atom. The number of anilines is 1. The van der Waals surface area contributed by atoms with Gasteiger partial charge >= 0.3 is 0 Å². The Morgan fingerprint density at radius 1 is 1.17 bits per heavy atom.